The minimum Gasteiger partial charge on any atom is -0.349 e. The number of carbonyl (C=O) groups excluding carboxylic acids is 1. The van der Waals surface area contributed by atoms with Crippen LogP contribution in [-0.2, 0) is 21.4 Å². The van der Waals surface area contributed by atoms with Crippen molar-refractivity contribution in [3.8, 4) is 0 Å². The lowest BCUT2D eigenvalue weighted by atomic mass is 10.3. The number of halogens is 1. The molecule has 128 valence electrons. The van der Waals surface area contributed by atoms with Crippen LogP contribution in [-0.4, -0.2) is 36.7 Å². The lowest BCUT2D eigenvalue weighted by Crippen LogP contribution is -2.40. The van der Waals surface area contributed by atoms with Crippen LogP contribution in [0, 0.1) is 5.82 Å². The number of nitrogens with zero attached hydrogens (tertiary/aromatic N) is 2. The SMILES string of the molecule is CCN(CC(=O)NCc1ccccn1)S(=O)(=O)c1ccc(F)cc1. The van der Waals surface area contributed by atoms with E-state index in [1.807, 2.05) is 0 Å². The van der Waals surface area contributed by atoms with Crippen molar-refractivity contribution < 1.29 is 17.6 Å². The van der Waals surface area contributed by atoms with Crippen molar-refractivity contribution in [3.05, 3.63) is 60.2 Å². The van der Waals surface area contributed by atoms with E-state index < -0.39 is 21.7 Å². The van der Waals surface area contributed by atoms with Crippen LogP contribution in [0.5, 0.6) is 0 Å². The summed E-state index contributed by atoms with van der Waals surface area (Å²) in [5.74, 6) is -0.960. The Morgan fingerprint density at radius 1 is 1.21 bits per heavy atom. The molecule has 1 aromatic heterocycles. The van der Waals surface area contributed by atoms with Crippen LogP contribution in [0.1, 0.15) is 12.6 Å². The third kappa shape index (κ3) is 4.59. The Kier molecular flexibility index (Phi) is 5.99. The van der Waals surface area contributed by atoms with Crippen molar-refractivity contribution in [1.29, 1.82) is 0 Å². The van der Waals surface area contributed by atoms with E-state index in [1.54, 1.807) is 31.3 Å². The highest BCUT2D eigenvalue weighted by Crippen LogP contribution is 2.15. The predicted molar refractivity (Wildman–Crippen MR) is 86.9 cm³/mol. The fourth-order valence-electron chi connectivity index (χ4n) is 2.03. The van der Waals surface area contributed by atoms with E-state index in [0.29, 0.717) is 5.69 Å². The molecule has 24 heavy (non-hydrogen) atoms. The normalized spacial score (nSPS) is 11.5. The van der Waals surface area contributed by atoms with Crippen LogP contribution < -0.4 is 5.32 Å². The molecule has 0 bridgehead atoms. The van der Waals surface area contributed by atoms with E-state index in [-0.39, 0.29) is 24.5 Å². The Morgan fingerprint density at radius 3 is 2.50 bits per heavy atom. The van der Waals surface area contributed by atoms with E-state index in [9.17, 15) is 17.6 Å². The number of amides is 1. The molecule has 0 atom stereocenters. The Balaban J connectivity index is 2.02. The maximum atomic E-state index is 13.0. The lowest BCUT2D eigenvalue weighted by Gasteiger charge is -2.20. The highest BCUT2D eigenvalue weighted by Gasteiger charge is 2.25. The molecule has 1 N–H and O–H groups in total. The zero-order chi connectivity index (χ0) is 17.6. The zero-order valence-electron chi connectivity index (χ0n) is 13.1. The summed E-state index contributed by atoms with van der Waals surface area (Å²) in [6, 6.07) is 9.82. The van der Waals surface area contributed by atoms with Gasteiger partial charge < -0.3 is 5.32 Å². The van der Waals surface area contributed by atoms with Gasteiger partial charge in [-0.2, -0.15) is 4.31 Å². The van der Waals surface area contributed by atoms with Crippen LogP contribution in [0.25, 0.3) is 0 Å². The summed E-state index contributed by atoms with van der Waals surface area (Å²) in [5.41, 5.74) is 0.676. The van der Waals surface area contributed by atoms with Gasteiger partial charge in [0.05, 0.1) is 23.7 Å². The second-order valence-electron chi connectivity index (χ2n) is 4.98. The van der Waals surface area contributed by atoms with Crippen LogP contribution in [0.3, 0.4) is 0 Å². The van der Waals surface area contributed by atoms with Gasteiger partial charge in [0.1, 0.15) is 5.82 Å². The topological polar surface area (TPSA) is 79.4 Å². The van der Waals surface area contributed by atoms with Crippen molar-refractivity contribution in [2.24, 2.45) is 0 Å². The molecule has 6 nitrogen and oxygen atoms in total. The second-order valence-corrected chi connectivity index (χ2v) is 6.92. The molecule has 2 aromatic rings. The molecule has 0 saturated heterocycles. The van der Waals surface area contributed by atoms with E-state index >= 15 is 0 Å². The number of pyridine rings is 1. The summed E-state index contributed by atoms with van der Waals surface area (Å²) in [4.78, 5) is 16.0. The molecule has 1 aromatic carbocycles. The van der Waals surface area contributed by atoms with Crippen LogP contribution in [0.2, 0.25) is 0 Å². The maximum absolute atomic E-state index is 13.0. The smallest absolute Gasteiger partial charge is 0.243 e. The molecule has 0 aliphatic heterocycles. The van der Waals surface area contributed by atoms with Crippen molar-refractivity contribution in [2.45, 2.75) is 18.4 Å². The number of carbonyl (C=O) groups is 1. The summed E-state index contributed by atoms with van der Waals surface area (Å²) in [6.45, 7) is 1.65. The molecule has 1 amide bonds. The lowest BCUT2D eigenvalue weighted by molar-refractivity contribution is -0.121. The maximum Gasteiger partial charge on any atom is 0.243 e. The number of benzene rings is 1. The van der Waals surface area contributed by atoms with Crippen LogP contribution in [0.15, 0.2) is 53.6 Å². The molecule has 0 unspecified atom stereocenters. The summed E-state index contributed by atoms with van der Waals surface area (Å²) >= 11 is 0. The highest BCUT2D eigenvalue weighted by molar-refractivity contribution is 7.89. The number of aromatic nitrogens is 1. The van der Waals surface area contributed by atoms with E-state index in [0.717, 1.165) is 16.4 Å². The number of sulfonamides is 1. The fraction of sp³-hybridized carbons (Fsp3) is 0.250. The molecule has 0 aliphatic carbocycles. The Labute approximate surface area is 140 Å². The predicted octanol–water partition coefficient (Wildman–Crippen LogP) is 1.55. The number of hydrogen-bond donors (Lipinski definition) is 1. The van der Waals surface area contributed by atoms with Crippen molar-refractivity contribution in [1.82, 2.24) is 14.6 Å². The van der Waals surface area contributed by atoms with E-state index in [4.69, 9.17) is 0 Å². The summed E-state index contributed by atoms with van der Waals surface area (Å²) < 4.78 is 39.0. The first-order valence-electron chi connectivity index (χ1n) is 7.36. The van der Waals surface area contributed by atoms with Gasteiger partial charge in [0.15, 0.2) is 0 Å². The van der Waals surface area contributed by atoms with Gasteiger partial charge in [0.2, 0.25) is 15.9 Å². The van der Waals surface area contributed by atoms with Gasteiger partial charge in [0.25, 0.3) is 0 Å². The van der Waals surface area contributed by atoms with Crippen LogP contribution in [0.4, 0.5) is 4.39 Å². The van der Waals surface area contributed by atoms with Gasteiger partial charge in [-0.05, 0) is 36.4 Å². The minimum absolute atomic E-state index is 0.0525. The van der Waals surface area contributed by atoms with Gasteiger partial charge in [-0.3, -0.25) is 9.78 Å². The first-order valence-corrected chi connectivity index (χ1v) is 8.80. The van der Waals surface area contributed by atoms with Crippen molar-refractivity contribution in [2.75, 3.05) is 13.1 Å². The number of likely N-dealkylation sites (N-methyl/N-ethyl adjacent to an activating group) is 1. The third-order valence-electron chi connectivity index (χ3n) is 3.32. The summed E-state index contributed by atoms with van der Waals surface area (Å²) in [7, 11) is -3.86. The van der Waals surface area contributed by atoms with Crippen LogP contribution >= 0.6 is 0 Å². The third-order valence-corrected chi connectivity index (χ3v) is 5.25. The van der Waals surface area contributed by atoms with Crippen molar-refractivity contribution in [3.63, 3.8) is 0 Å². The molecule has 0 aliphatic rings. The molecule has 8 heteroatoms. The molecule has 0 fully saturated rings. The average molecular weight is 351 g/mol. The molecular weight excluding hydrogens is 333 g/mol. The van der Waals surface area contributed by atoms with Gasteiger partial charge in [-0.25, -0.2) is 12.8 Å². The minimum atomic E-state index is -3.86. The standard InChI is InChI=1S/C16H18FN3O3S/c1-2-20(24(22,23)15-8-6-13(17)7-9-15)12-16(21)19-11-14-5-3-4-10-18-14/h3-10H,2,11-12H2,1H3,(H,19,21). The number of rotatable bonds is 7. The largest absolute Gasteiger partial charge is 0.349 e. The van der Waals surface area contributed by atoms with Crippen molar-refractivity contribution >= 4 is 15.9 Å². The monoisotopic (exact) mass is 351 g/mol. The molecule has 0 radical (unpaired) electrons. The number of nitrogens with one attached hydrogen (secondary N) is 1. The Bertz CT molecular complexity index is 780. The highest BCUT2D eigenvalue weighted by atomic mass is 32.2. The average Bonchev–Trinajstić information content (AvgIpc) is 2.59. The first-order chi connectivity index (χ1) is 11.4. The molecule has 0 saturated carbocycles. The van der Waals surface area contributed by atoms with Gasteiger partial charge >= 0.3 is 0 Å². The van der Waals surface area contributed by atoms with Gasteiger partial charge in [0, 0.05) is 12.7 Å². The molecule has 0 spiro atoms. The Morgan fingerprint density at radius 2 is 1.92 bits per heavy atom. The van der Waals surface area contributed by atoms with E-state index in [2.05, 4.69) is 10.3 Å². The van der Waals surface area contributed by atoms with Gasteiger partial charge in [-0.1, -0.05) is 13.0 Å². The molecule has 2 rings (SSSR count). The second kappa shape index (κ2) is 7.98. The fourth-order valence-corrected chi connectivity index (χ4v) is 3.44. The quantitative estimate of drug-likeness (QED) is 0.821. The first kappa shape index (κ1) is 18.0. The van der Waals surface area contributed by atoms with Gasteiger partial charge in [-0.15, -0.1) is 0 Å². The molecule has 1 heterocycles. The zero-order valence-corrected chi connectivity index (χ0v) is 14.0. The molecular formula is C16H18FN3O3S. The van der Waals surface area contributed by atoms with E-state index in [1.165, 1.54) is 12.1 Å². The summed E-state index contributed by atoms with van der Waals surface area (Å²) in [5, 5.41) is 2.63. The summed E-state index contributed by atoms with van der Waals surface area (Å²) in [6.07, 6.45) is 1.61. The number of hydrogen-bond acceptors (Lipinski definition) is 4. The Hall–Kier alpha value is -2.32.